The molecule has 0 amide bonds. The molecule has 0 spiro atoms. The van der Waals surface area contributed by atoms with Crippen LogP contribution in [0.5, 0.6) is 5.75 Å². The van der Waals surface area contributed by atoms with Crippen molar-refractivity contribution in [3.8, 4) is 5.75 Å². The quantitative estimate of drug-likeness (QED) is 0.281. The summed E-state index contributed by atoms with van der Waals surface area (Å²) in [5, 5.41) is 6.29. The van der Waals surface area contributed by atoms with E-state index in [9.17, 15) is 8.78 Å². The minimum atomic E-state index is -0.926. The van der Waals surface area contributed by atoms with E-state index in [4.69, 9.17) is 9.47 Å². The first kappa shape index (κ1) is 21.8. The molecule has 0 heterocycles. The minimum absolute atomic E-state index is 0. The Balaban J connectivity index is 0.00000484. The van der Waals surface area contributed by atoms with Crippen molar-refractivity contribution in [3.63, 3.8) is 0 Å². The van der Waals surface area contributed by atoms with Gasteiger partial charge in [0.25, 0.3) is 0 Å². The van der Waals surface area contributed by atoms with Crippen LogP contribution in [0.2, 0.25) is 0 Å². The summed E-state index contributed by atoms with van der Waals surface area (Å²) in [6, 6.07) is 3.55. The topological polar surface area (TPSA) is 54.9 Å². The number of benzene rings is 1. The second-order valence-electron chi connectivity index (χ2n) is 4.69. The van der Waals surface area contributed by atoms with Gasteiger partial charge in [-0.3, -0.25) is 0 Å². The lowest BCUT2D eigenvalue weighted by atomic mass is 10.3. The third-order valence-corrected chi connectivity index (χ3v) is 2.67. The zero-order valence-corrected chi connectivity index (χ0v) is 15.9. The highest BCUT2D eigenvalue weighted by atomic mass is 127. The maximum absolute atomic E-state index is 13.0. The highest BCUT2D eigenvalue weighted by molar-refractivity contribution is 14.0. The Labute approximate surface area is 152 Å². The zero-order chi connectivity index (χ0) is 16.4. The minimum Gasteiger partial charge on any atom is -0.492 e. The molecule has 0 fully saturated rings. The normalized spacial score (nSPS) is 12.3. The zero-order valence-electron chi connectivity index (χ0n) is 13.6. The second kappa shape index (κ2) is 12.3. The molecule has 0 aliphatic carbocycles. The van der Waals surface area contributed by atoms with Gasteiger partial charge < -0.3 is 20.1 Å². The highest BCUT2D eigenvalue weighted by Gasteiger charge is 2.05. The first-order valence-electron chi connectivity index (χ1n) is 7.18. The maximum Gasteiger partial charge on any atom is 0.191 e. The molecule has 0 aromatic heterocycles. The standard InChI is InChI=1S/C15H23F2N3O2.HI/c1-4-18-15(20-11(2)10-21-3)19-7-8-22-12-5-6-13(16)14(17)9-12;/h5-6,9,11H,4,7-8,10H2,1-3H3,(H2,18,19,20);1H. The van der Waals surface area contributed by atoms with Crippen molar-refractivity contribution in [3.05, 3.63) is 29.8 Å². The van der Waals surface area contributed by atoms with E-state index in [1.807, 2.05) is 13.8 Å². The van der Waals surface area contributed by atoms with Gasteiger partial charge in [0, 0.05) is 25.8 Å². The molecule has 1 unspecified atom stereocenters. The van der Waals surface area contributed by atoms with E-state index in [0.29, 0.717) is 19.1 Å². The summed E-state index contributed by atoms with van der Waals surface area (Å²) < 4.78 is 36.2. The van der Waals surface area contributed by atoms with Crippen LogP contribution in [0.3, 0.4) is 0 Å². The molecule has 1 aromatic carbocycles. The fraction of sp³-hybridized carbons (Fsp3) is 0.533. The van der Waals surface area contributed by atoms with Gasteiger partial charge in [-0.25, -0.2) is 13.8 Å². The Hall–Kier alpha value is -1.16. The van der Waals surface area contributed by atoms with Crippen LogP contribution >= 0.6 is 24.0 Å². The summed E-state index contributed by atoms with van der Waals surface area (Å²) in [6.07, 6.45) is 0. The number of hydrogen-bond acceptors (Lipinski definition) is 3. The smallest absolute Gasteiger partial charge is 0.191 e. The van der Waals surface area contributed by atoms with Crippen molar-refractivity contribution in [2.75, 3.05) is 33.4 Å². The van der Waals surface area contributed by atoms with E-state index in [0.717, 1.165) is 18.7 Å². The van der Waals surface area contributed by atoms with Gasteiger partial charge in [-0.2, -0.15) is 0 Å². The Morgan fingerprint density at radius 1 is 1.30 bits per heavy atom. The van der Waals surface area contributed by atoms with E-state index in [2.05, 4.69) is 15.6 Å². The molecule has 1 rings (SSSR count). The molecule has 0 aliphatic rings. The first-order chi connectivity index (χ1) is 10.6. The molecule has 0 saturated heterocycles. The van der Waals surface area contributed by atoms with E-state index in [-0.39, 0.29) is 42.4 Å². The summed E-state index contributed by atoms with van der Waals surface area (Å²) in [6.45, 7) is 5.89. The SMILES string of the molecule is CCNC(=NCCOc1ccc(F)c(F)c1)NC(C)COC.I. The average molecular weight is 443 g/mol. The first-order valence-corrected chi connectivity index (χ1v) is 7.18. The number of aliphatic imine (C=N–C) groups is 1. The number of hydrogen-bond donors (Lipinski definition) is 2. The summed E-state index contributed by atoms with van der Waals surface area (Å²) in [7, 11) is 1.64. The average Bonchev–Trinajstić information content (AvgIpc) is 2.47. The van der Waals surface area contributed by atoms with E-state index in [1.54, 1.807) is 7.11 Å². The Morgan fingerprint density at radius 2 is 2.04 bits per heavy atom. The van der Waals surface area contributed by atoms with Gasteiger partial charge >= 0.3 is 0 Å². The monoisotopic (exact) mass is 443 g/mol. The molecule has 0 saturated carbocycles. The summed E-state index contributed by atoms with van der Waals surface area (Å²) in [4.78, 5) is 4.34. The van der Waals surface area contributed by atoms with Gasteiger partial charge in [-0.1, -0.05) is 0 Å². The van der Waals surface area contributed by atoms with Gasteiger partial charge in [-0.05, 0) is 26.0 Å². The van der Waals surface area contributed by atoms with Crippen molar-refractivity contribution in [1.82, 2.24) is 10.6 Å². The van der Waals surface area contributed by atoms with Crippen LogP contribution in [-0.2, 0) is 4.74 Å². The van der Waals surface area contributed by atoms with Crippen LogP contribution in [-0.4, -0.2) is 45.4 Å². The van der Waals surface area contributed by atoms with E-state index >= 15 is 0 Å². The summed E-state index contributed by atoms with van der Waals surface area (Å²) in [5.41, 5.74) is 0. The van der Waals surface area contributed by atoms with Crippen LogP contribution in [0.4, 0.5) is 8.78 Å². The van der Waals surface area contributed by atoms with E-state index in [1.165, 1.54) is 6.07 Å². The van der Waals surface area contributed by atoms with Crippen molar-refractivity contribution >= 4 is 29.9 Å². The number of ether oxygens (including phenoxy) is 2. The number of guanidine groups is 1. The number of nitrogens with zero attached hydrogens (tertiary/aromatic N) is 1. The fourth-order valence-corrected chi connectivity index (χ4v) is 1.73. The third-order valence-electron chi connectivity index (χ3n) is 2.67. The van der Waals surface area contributed by atoms with Crippen molar-refractivity contribution in [2.45, 2.75) is 19.9 Å². The molecule has 1 aromatic rings. The van der Waals surface area contributed by atoms with Crippen LogP contribution < -0.4 is 15.4 Å². The molecular weight excluding hydrogens is 419 g/mol. The molecule has 23 heavy (non-hydrogen) atoms. The van der Waals surface area contributed by atoms with Gasteiger partial charge in [0.1, 0.15) is 12.4 Å². The number of nitrogens with one attached hydrogen (secondary N) is 2. The number of rotatable bonds is 8. The molecular formula is C15H24F2IN3O2. The molecule has 2 N–H and O–H groups in total. The van der Waals surface area contributed by atoms with Crippen LogP contribution in [0, 0.1) is 11.6 Å². The van der Waals surface area contributed by atoms with Gasteiger partial charge in [0.15, 0.2) is 17.6 Å². The highest BCUT2D eigenvalue weighted by Crippen LogP contribution is 2.15. The third kappa shape index (κ3) is 8.89. The Morgan fingerprint density at radius 3 is 2.65 bits per heavy atom. The number of methoxy groups -OCH3 is 1. The Bertz CT molecular complexity index is 490. The lowest BCUT2D eigenvalue weighted by Crippen LogP contribution is -2.44. The predicted octanol–water partition coefficient (Wildman–Crippen LogP) is 2.55. The molecule has 1 atom stereocenters. The van der Waals surface area contributed by atoms with Crippen LogP contribution in [0.25, 0.3) is 0 Å². The lowest BCUT2D eigenvalue weighted by molar-refractivity contribution is 0.179. The van der Waals surface area contributed by atoms with Gasteiger partial charge in [0.05, 0.1) is 13.2 Å². The molecule has 0 radical (unpaired) electrons. The maximum atomic E-state index is 13.0. The lowest BCUT2D eigenvalue weighted by Gasteiger charge is -2.17. The Kier molecular flexibility index (Phi) is 11.7. The second-order valence-corrected chi connectivity index (χ2v) is 4.69. The molecule has 0 aliphatic heterocycles. The fourth-order valence-electron chi connectivity index (χ4n) is 1.73. The largest absolute Gasteiger partial charge is 0.492 e. The predicted molar refractivity (Wildman–Crippen MR) is 97.7 cm³/mol. The molecule has 8 heteroatoms. The van der Waals surface area contributed by atoms with Gasteiger partial charge in [0.2, 0.25) is 0 Å². The summed E-state index contributed by atoms with van der Waals surface area (Å²) >= 11 is 0. The van der Waals surface area contributed by atoms with Crippen molar-refractivity contribution in [2.24, 2.45) is 4.99 Å². The molecule has 132 valence electrons. The van der Waals surface area contributed by atoms with E-state index < -0.39 is 11.6 Å². The molecule has 5 nitrogen and oxygen atoms in total. The van der Waals surface area contributed by atoms with Crippen LogP contribution in [0.1, 0.15) is 13.8 Å². The summed E-state index contributed by atoms with van der Waals surface area (Å²) in [5.74, 6) is -0.888. The van der Waals surface area contributed by atoms with Crippen molar-refractivity contribution in [1.29, 1.82) is 0 Å². The van der Waals surface area contributed by atoms with Crippen molar-refractivity contribution < 1.29 is 18.3 Å². The number of halogens is 3. The van der Waals surface area contributed by atoms with Crippen LogP contribution in [0.15, 0.2) is 23.2 Å². The molecule has 0 bridgehead atoms. The van der Waals surface area contributed by atoms with Gasteiger partial charge in [-0.15, -0.1) is 24.0 Å².